The minimum atomic E-state index is -0.447. The average molecular weight is 318 g/mol. The van der Waals surface area contributed by atoms with E-state index in [-0.39, 0.29) is 5.71 Å². The Morgan fingerprint density at radius 1 is 0.958 bits per heavy atom. The van der Waals surface area contributed by atoms with Gasteiger partial charge in [0.05, 0.1) is 12.3 Å². The predicted octanol–water partition coefficient (Wildman–Crippen LogP) is 4.22. The molecule has 0 saturated carbocycles. The first-order chi connectivity index (χ1) is 11.8. The average Bonchev–Trinajstić information content (AvgIpc) is 2.63. The van der Waals surface area contributed by atoms with Gasteiger partial charge in [-0.1, -0.05) is 60.7 Å². The number of nitrogens with one attached hydrogen (secondary N) is 1. The van der Waals surface area contributed by atoms with Gasteiger partial charge in [0.25, 0.3) is 0 Å². The molecule has 0 aliphatic carbocycles. The zero-order chi connectivity index (χ0) is 16.8. The van der Waals surface area contributed by atoms with Crippen LogP contribution in [0, 0.1) is 0 Å². The number of hydrogen-bond donors (Lipinski definition) is 1. The first-order valence-corrected chi connectivity index (χ1v) is 7.83. The van der Waals surface area contributed by atoms with Crippen LogP contribution in [0.5, 0.6) is 0 Å². The molecule has 1 N–H and O–H groups in total. The first kappa shape index (κ1) is 15.7. The van der Waals surface area contributed by atoms with Gasteiger partial charge in [-0.05, 0) is 29.8 Å². The second-order valence-electron chi connectivity index (χ2n) is 5.22. The summed E-state index contributed by atoms with van der Waals surface area (Å²) in [4.78, 5) is 12.2. The van der Waals surface area contributed by atoms with E-state index in [2.05, 4.69) is 16.6 Å². The number of ether oxygens (including phenoxy) is 1. The second kappa shape index (κ2) is 7.42. The number of hydrazone groups is 1. The standard InChI is InChI=1S/C20H18N2O2/c1-2-24-20(23)19(16-9-4-3-5-10-16)22-21-18-13-12-15-8-6-7-11-17(15)14-18/h3-14,21H,2H2,1H3/b22-19-. The Bertz CT molecular complexity index is 873. The molecule has 0 aliphatic rings. The number of carbonyl (C=O) groups is 1. The quantitative estimate of drug-likeness (QED) is 0.435. The van der Waals surface area contributed by atoms with E-state index in [9.17, 15) is 4.79 Å². The fraction of sp³-hybridized carbons (Fsp3) is 0.100. The summed E-state index contributed by atoms with van der Waals surface area (Å²) in [6, 6.07) is 23.3. The molecule has 0 bridgehead atoms. The van der Waals surface area contributed by atoms with Crippen molar-refractivity contribution in [2.24, 2.45) is 5.10 Å². The van der Waals surface area contributed by atoms with Gasteiger partial charge in [-0.3, -0.25) is 5.43 Å². The SMILES string of the molecule is CCOC(=O)/C(=N\Nc1ccc2ccccc2c1)c1ccccc1. The summed E-state index contributed by atoms with van der Waals surface area (Å²) in [6.07, 6.45) is 0. The predicted molar refractivity (Wildman–Crippen MR) is 97.2 cm³/mol. The van der Waals surface area contributed by atoms with Crippen LogP contribution < -0.4 is 5.43 Å². The lowest BCUT2D eigenvalue weighted by Crippen LogP contribution is -2.20. The third-order valence-corrected chi connectivity index (χ3v) is 3.56. The Balaban J connectivity index is 1.90. The third-order valence-electron chi connectivity index (χ3n) is 3.56. The lowest BCUT2D eigenvalue weighted by molar-refractivity contribution is -0.134. The molecule has 0 aromatic heterocycles. The maximum absolute atomic E-state index is 12.2. The number of anilines is 1. The molecule has 4 heteroatoms. The van der Waals surface area contributed by atoms with E-state index in [0.29, 0.717) is 12.2 Å². The highest BCUT2D eigenvalue weighted by Gasteiger charge is 2.15. The zero-order valence-electron chi connectivity index (χ0n) is 13.4. The van der Waals surface area contributed by atoms with Gasteiger partial charge in [0.2, 0.25) is 0 Å². The molecule has 0 amide bonds. The van der Waals surface area contributed by atoms with Crippen molar-refractivity contribution in [1.82, 2.24) is 0 Å². The van der Waals surface area contributed by atoms with Gasteiger partial charge >= 0.3 is 5.97 Å². The van der Waals surface area contributed by atoms with Crippen molar-refractivity contribution in [3.05, 3.63) is 78.4 Å². The monoisotopic (exact) mass is 318 g/mol. The Morgan fingerprint density at radius 2 is 1.67 bits per heavy atom. The Kier molecular flexibility index (Phi) is 4.87. The van der Waals surface area contributed by atoms with Crippen LogP contribution in [0.25, 0.3) is 10.8 Å². The van der Waals surface area contributed by atoms with Gasteiger partial charge in [0.1, 0.15) is 0 Å². The van der Waals surface area contributed by atoms with Crippen LogP contribution in [-0.4, -0.2) is 18.3 Å². The lowest BCUT2D eigenvalue weighted by atomic mass is 10.1. The van der Waals surface area contributed by atoms with E-state index >= 15 is 0 Å². The molecule has 0 fully saturated rings. The summed E-state index contributed by atoms with van der Waals surface area (Å²) in [5.74, 6) is -0.447. The zero-order valence-corrected chi connectivity index (χ0v) is 13.4. The minimum absolute atomic E-state index is 0.255. The Hall–Kier alpha value is -3.14. The molecule has 0 saturated heterocycles. The topological polar surface area (TPSA) is 50.7 Å². The normalized spacial score (nSPS) is 11.3. The van der Waals surface area contributed by atoms with E-state index < -0.39 is 5.97 Å². The van der Waals surface area contributed by atoms with Gasteiger partial charge in [0, 0.05) is 5.56 Å². The molecule has 3 aromatic carbocycles. The van der Waals surface area contributed by atoms with Crippen LogP contribution in [0.1, 0.15) is 12.5 Å². The molecule has 24 heavy (non-hydrogen) atoms. The Labute approximate surface area is 140 Å². The van der Waals surface area contributed by atoms with Crippen LogP contribution in [0.3, 0.4) is 0 Å². The van der Waals surface area contributed by atoms with Crippen molar-refractivity contribution >= 4 is 28.1 Å². The number of nitrogens with zero attached hydrogens (tertiary/aromatic N) is 1. The second-order valence-corrected chi connectivity index (χ2v) is 5.22. The number of hydrogen-bond acceptors (Lipinski definition) is 4. The molecule has 0 aliphatic heterocycles. The molecule has 3 rings (SSSR count). The smallest absolute Gasteiger partial charge is 0.359 e. The summed E-state index contributed by atoms with van der Waals surface area (Å²) in [6.45, 7) is 2.08. The van der Waals surface area contributed by atoms with Crippen LogP contribution >= 0.6 is 0 Å². The highest BCUT2D eigenvalue weighted by molar-refractivity contribution is 6.43. The summed E-state index contributed by atoms with van der Waals surface area (Å²) in [5.41, 5.74) is 4.74. The first-order valence-electron chi connectivity index (χ1n) is 7.83. The highest BCUT2D eigenvalue weighted by atomic mass is 16.5. The molecular formula is C20H18N2O2. The van der Waals surface area contributed by atoms with E-state index in [4.69, 9.17) is 4.74 Å². The number of fused-ring (bicyclic) bond motifs is 1. The number of esters is 1. The largest absolute Gasteiger partial charge is 0.461 e. The van der Waals surface area contributed by atoms with Crippen molar-refractivity contribution in [3.63, 3.8) is 0 Å². The van der Waals surface area contributed by atoms with Crippen LogP contribution in [0.15, 0.2) is 77.9 Å². The van der Waals surface area contributed by atoms with Crippen LogP contribution in [0.4, 0.5) is 5.69 Å². The maximum Gasteiger partial charge on any atom is 0.359 e. The highest BCUT2D eigenvalue weighted by Crippen LogP contribution is 2.19. The van der Waals surface area contributed by atoms with Crippen molar-refractivity contribution in [2.45, 2.75) is 6.92 Å². The van der Waals surface area contributed by atoms with Gasteiger partial charge in [-0.2, -0.15) is 5.10 Å². The minimum Gasteiger partial charge on any atom is -0.461 e. The fourth-order valence-electron chi connectivity index (χ4n) is 2.40. The summed E-state index contributed by atoms with van der Waals surface area (Å²) >= 11 is 0. The molecule has 4 nitrogen and oxygen atoms in total. The van der Waals surface area contributed by atoms with Crippen molar-refractivity contribution in [3.8, 4) is 0 Å². The molecule has 120 valence electrons. The number of benzene rings is 3. The molecule has 3 aromatic rings. The summed E-state index contributed by atoms with van der Waals surface area (Å²) in [5, 5.41) is 6.54. The van der Waals surface area contributed by atoms with Gasteiger partial charge < -0.3 is 4.74 Å². The van der Waals surface area contributed by atoms with Crippen molar-refractivity contribution < 1.29 is 9.53 Å². The molecule has 0 spiro atoms. The van der Waals surface area contributed by atoms with Crippen molar-refractivity contribution in [1.29, 1.82) is 0 Å². The van der Waals surface area contributed by atoms with Gasteiger partial charge in [-0.15, -0.1) is 0 Å². The molecule has 0 atom stereocenters. The fourth-order valence-corrected chi connectivity index (χ4v) is 2.40. The van der Waals surface area contributed by atoms with Gasteiger partial charge in [-0.25, -0.2) is 4.79 Å². The molecule has 0 heterocycles. The molecule has 0 radical (unpaired) electrons. The molecular weight excluding hydrogens is 300 g/mol. The van der Waals surface area contributed by atoms with E-state index in [0.717, 1.165) is 16.5 Å². The summed E-state index contributed by atoms with van der Waals surface area (Å²) < 4.78 is 5.11. The number of carbonyl (C=O) groups excluding carboxylic acids is 1. The lowest BCUT2D eigenvalue weighted by Gasteiger charge is -2.08. The van der Waals surface area contributed by atoms with Crippen LogP contribution in [-0.2, 0) is 9.53 Å². The van der Waals surface area contributed by atoms with E-state index in [1.165, 1.54) is 0 Å². The number of rotatable bonds is 5. The third kappa shape index (κ3) is 3.60. The maximum atomic E-state index is 12.2. The molecule has 0 unspecified atom stereocenters. The summed E-state index contributed by atoms with van der Waals surface area (Å²) in [7, 11) is 0. The van der Waals surface area contributed by atoms with Crippen molar-refractivity contribution in [2.75, 3.05) is 12.0 Å². The van der Waals surface area contributed by atoms with Gasteiger partial charge in [0.15, 0.2) is 5.71 Å². The van der Waals surface area contributed by atoms with E-state index in [1.54, 1.807) is 6.92 Å². The van der Waals surface area contributed by atoms with Crippen LogP contribution in [0.2, 0.25) is 0 Å². The Morgan fingerprint density at radius 3 is 2.42 bits per heavy atom. The van der Waals surface area contributed by atoms with E-state index in [1.807, 2.05) is 66.7 Å².